The van der Waals surface area contributed by atoms with E-state index in [4.69, 9.17) is 14.2 Å². The van der Waals surface area contributed by atoms with Crippen molar-refractivity contribution in [3.05, 3.63) is 18.2 Å². The summed E-state index contributed by atoms with van der Waals surface area (Å²) in [5.41, 5.74) is 0. The van der Waals surface area contributed by atoms with E-state index in [9.17, 15) is 0 Å². The predicted octanol–water partition coefficient (Wildman–Crippen LogP) is 3.25. The standard InChI is InChI=1S/C16H27NO3/c1-4-17-9-7-5-6-8-10-20-16-12-14(18-2)11-15(13-16)19-3/h11-13,17H,4-10H2,1-3H3. The monoisotopic (exact) mass is 281 g/mol. The fourth-order valence-electron chi connectivity index (χ4n) is 1.94. The maximum Gasteiger partial charge on any atom is 0.126 e. The first-order valence-corrected chi connectivity index (χ1v) is 7.36. The first kappa shape index (κ1) is 16.6. The molecule has 0 unspecified atom stereocenters. The minimum atomic E-state index is 0.734. The Morgan fingerprint density at radius 3 is 2.05 bits per heavy atom. The van der Waals surface area contributed by atoms with Gasteiger partial charge >= 0.3 is 0 Å². The Kier molecular flexibility index (Phi) is 8.63. The van der Waals surface area contributed by atoms with Gasteiger partial charge in [-0.15, -0.1) is 0 Å². The number of hydrogen-bond acceptors (Lipinski definition) is 4. The normalized spacial score (nSPS) is 10.3. The van der Waals surface area contributed by atoms with Gasteiger partial charge in [-0.25, -0.2) is 0 Å². The van der Waals surface area contributed by atoms with Crippen LogP contribution in [0.3, 0.4) is 0 Å². The lowest BCUT2D eigenvalue weighted by molar-refractivity contribution is 0.299. The Morgan fingerprint density at radius 1 is 0.850 bits per heavy atom. The van der Waals surface area contributed by atoms with E-state index in [2.05, 4.69) is 12.2 Å². The van der Waals surface area contributed by atoms with Crippen molar-refractivity contribution in [1.82, 2.24) is 5.32 Å². The summed E-state index contributed by atoms with van der Waals surface area (Å²) in [6.45, 7) is 5.04. The molecule has 0 saturated carbocycles. The Balaban J connectivity index is 2.21. The van der Waals surface area contributed by atoms with Crippen molar-refractivity contribution < 1.29 is 14.2 Å². The van der Waals surface area contributed by atoms with Crippen LogP contribution in [-0.2, 0) is 0 Å². The number of methoxy groups -OCH3 is 2. The molecule has 1 aromatic carbocycles. The van der Waals surface area contributed by atoms with Gasteiger partial charge in [0.25, 0.3) is 0 Å². The van der Waals surface area contributed by atoms with Crippen LogP contribution in [0.15, 0.2) is 18.2 Å². The highest BCUT2D eigenvalue weighted by Crippen LogP contribution is 2.27. The zero-order chi connectivity index (χ0) is 14.6. The van der Waals surface area contributed by atoms with E-state index in [1.54, 1.807) is 14.2 Å². The van der Waals surface area contributed by atoms with E-state index in [0.29, 0.717) is 0 Å². The highest BCUT2D eigenvalue weighted by Gasteiger charge is 2.02. The lowest BCUT2D eigenvalue weighted by Gasteiger charge is -2.10. The first-order valence-electron chi connectivity index (χ1n) is 7.36. The van der Waals surface area contributed by atoms with Crippen molar-refractivity contribution in [2.75, 3.05) is 33.9 Å². The number of hydrogen-bond donors (Lipinski definition) is 1. The Morgan fingerprint density at radius 2 is 1.45 bits per heavy atom. The summed E-state index contributed by atoms with van der Waals surface area (Å²) in [7, 11) is 3.28. The van der Waals surface area contributed by atoms with E-state index in [1.807, 2.05) is 18.2 Å². The predicted molar refractivity (Wildman–Crippen MR) is 82.1 cm³/mol. The molecule has 1 aromatic rings. The number of nitrogens with one attached hydrogen (secondary N) is 1. The van der Waals surface area contributed by atoms with Crippen LogP contribution in [0.2, 0.25) is 0 Å². The minimum absolute atomic E-state index is 0.734. The second-order valence-electron chi connectivity index (χ2n) is 4.66. The summed E-state index contributed by atoms with van der Waals surface area (Å²) in [5, 5.41) is 3.33. The lowest BCUT2D eigenvalue weighted by Crippen LogP contribution is -2.13. The molecule has 4 nitrogen and oxygen atoms in total. The van der Waals surface area contributed by atoms with Crippen molar-refractivity contribution in [3.63, 3.8) is 0 Å². The summed E-state index contributed by atoms with van der Waals surface area (Å²) >= 11 is 0. The van der Waals surface area contributed by atoms with Crippen LogP contribution in [0.5, 0.6) is 17.2 Å². The number of unbranched alkanes of at least 4 members (excludes halogenated alkanes) is 3. The molecule has 1 rings (SSSR count). The molecule has 4 heteroatoms. The van der Waals surface area contributed by atoms with E-state index in [0.717, 1.165) is 43.4 Å². The molecule has 0 fully saturated rings. The third-order valence-corrected chi connectivity index (χ3v) is 3.09. The molecule has 0 amide bonds. The van der Waals surface area contributed by atoms with Gasteiger partial charge in [0.1, 0.15) is 17.2 Å². The van der Waals surface area contributed by atoms with Crippen molar-refractivity contribution in [2.24, 2.45) is 0 Å². The Labute approximate surface area is 122 Å². The molecular weight excluding hydrogens is 254 g/mol. The highest BCUT2D eigenvalue weighted by molar-refractivity contribution is 5.41. The molecule has 0 heterocycles. The average Bonchev–Trinajstić information content (AvgIpc) is 2.49. The van der Waals surface area contributed by atoms with Gasteiger partial charge in [-0.2, -0.15) is 0 Å². The van der Waals surface area contributed by atoms with Crippen molar-refractivity contribution in [3.8, 4) is 17.2 Å². The molecular formula is C16H27NO3. The van der Waals surface area contributed by atoms with Crippen LogP contribution in [0.1, 0.15) is 32.6 Å². The fraction of sp³-hybridized carbons (Fsp3) is 0.625. The largest absolute Gasteiger partial charge is 0.496 e. The maximum atomic E-state index is 5.74. The van der Waals surface area contributed by atoms with E-state index in [1.165, 1.54) is 19.3 Å². The van der Waals surface area contributed by atoms with Crippen LogP contribution < -0.4 is 19.5 Å². The zero-order valence-electron chi connectivity index (χ0n) is 12.9. The molecule has 0 atom stereocenters. The Bertz CT molecular complexity index is 346. The quantitative estimate of drug-likeness (QED) is 0.632. The average molecular weight is 281 g/mol. The molecule has 0 aliphatic carbocycles. The highest BCUT2D eigenvalue weighted by atomic mass is 16.5. The van der Waals surface area contributed by atoms with Gasteiger partial charge in [-0.1, -0.05) is 19.8 Å². The third-order valence-electron chi connectivity index (χ3n) is 3.09. The van der Waals surface area contributed by atoms with E-state index < -0.39 is 0 Å². The van der Waals surface area contributed by atoms with Gasteiger partial charge in [-0.3, -0.25) is 0 Å². The second kappa shape index (κ2) is 10.4. The van der Waals surface area contributed by atoms with Crippen LogP contribution in [0, 0.1) is 0 Å². The Hall–Kier alpha value is -1.42. The van der Waals surface area contributed by atoms with Gasteiger partial charge in [0.15, 0.2) is 0 Å². The molecule has 1 N–H and O–H groups in total. The number of benzene rings is 1. The first-order chi connectivity index (χ1) is 9.80. The summed E-state index contributed by atoms with van der Waals surface area (Å²) in [6.07, 6.45) is 4.76. The van der Waals surface area contributed by atoms with E-state index in [-0.39, 0.29) is 0 Å². The molecule has 0 bridgehead atoms. The van der Waals surface area contributed by atoms with Gasteiger partial charge in [-0.05, 0) is 25.9 Å². The topological polar surface area (TPSA) is 39.7 Å². The van der Waals surface area contributed by atoms with E-state index >= 15 is 0 Å². The molecule has 0 saturated heterocycles. The lowest BCUT2D eigenvalue weighted by atomic mass is 10.2. The van der Waals surface area contributed by atoms with Crippen molar-refractivity contribution in [1.29, 1.82) is 0 Å². The van der Waals surface area contributed by atoms with Gasteiger partial charge < -0.3 is 19.5 Å². The van der Waals surface area contributed by atoms with Gasteiger partial charge in [0, 0.05) is 18.2 Å². The molecule has 20 heavy (non-hydrogen) atoms. The molecule has 0 aliphatic rings. The minimum Gasteiger partial charge on any atom is -0.496 e. The third kappa shape index (κ3) is 6.66. The summed E-state index contributed by atoms with van der Waals surface area (Å²) in [5.74, 6) is 2.31. The molecule has 0 radical (unpaired) electrons. The summed E-state index contributed by atoms with van der Waals surface area (Å²) in [4.78, 5) is 0. The molecule has 0 aliphatic heterocycles. The number of rotatable bonds is 11. The van der Waals surface area contributed by atoms with Gasteiger partial charge in [0.05, 0.1) is 20.8 Å². The van der Waals surface area contributed by atoms with Gasteiger partial charge in [0.2, 0.25) is 0 Å². The molecule has 0 spiro atoms. The fourth-order valence-corrected chi connectivity index (χ4v) is 1.94. The van der Waals surface area contributed by atoms with Crippen LogP contribution in [0.4, 0.5) is 0 Å². The van der Waals surface area contributed by atoms with Crippen LogP contribution >= 0.6 is 0 Å². The SMILES string of the molecule is CCNCCCCCCOc1cc(OC)cc(OC)c1. The number of ether oxygens (including phenoxy) is 3. The zero-order valence-corrected chi connectivity index (χ0v) is 12.9. The second-order valence-corrected chi connectivity index (χ2v) is 4.66. The van der Waals surface area contributed by atoms with Crippen molar-refractivity contribution in [2.45, 2.75) is 32.6 Å². The molecule has 114 valence electrons. The smallest absolute Gasteiger partial charge is 0.126 e. The van der Waals surface area contributed by atoms with Crippen LogP contribution in [0.25, 0.3) is 0 Å². The molecule has 0 aromatic heterocycles. The summed E-state index contributed by atoms with van der Waals surface area (Å²) in [6, 6.07) is 5.61. The maximum absolute atomic E-state index is 5.74. The van der Waals surface area contributed by atoms with Crippen LogP contribution in [-0.4, -0.2) is 33.9 Å². The van der Waals surface area contributed by atoms with Crippen molar-refractivity contribution >= 4 is 0 Å². The summed E-state index contributed by atoms with van der Waals surface area (Å²) < 4.78 is 16.2.